The van der Waals surface area contributed by atoms with Crippen molar-refractivity contribution in [3.05, 3.63) is 35.4 Å². The Morgan fingerprint density at radius 1 is 1.25 bits per heavy atom. The van der Waals surface area contributed by atoms with Crippen LogP contribution < -0.4 is 11.2 Å². The van der Waals surface area contributed by atoms with Crippen LogP contribution in [0.2, 0.25) is 0 Å². The molecule has 0 atom stereocenters. The van der Waals surface area contributed by atoms with Crippen molar-refractivity contribution in [2.24, 2.45) is 16.8 Å². The average molecular weight is 329 g/mol. The zero-order valence-electron chi connectivity index (χ0n) is 14.4. The predicted octanol–water partition coefficient (Wildman–Crippen LogP) is 1.61. The number of rotatable bonds is 4. The van der Waals surface area contributed by atoms with Gasteiger partial charge < -0.3 is 10.2 Å². The number of hydrogen-bond acceptors (Lipinski definition) is 4. The molecule has 2 aliphatic rings. The number of aliphatic imine (C=N–C) groups is 1. The minimum absolute atomic E-state index is 0.0731. The fraction of sp³-hybridized carbons (Fsp3) is 0.556. The van der Waals surface area contributed by atoms with Crippen LogP contribution in [0.3, 0.4) is 0 Å². The van der Waals surface area contributed by atoms with Crippen LogP contribution in [0, 0.1) is 5.92 Å². The highest BCUT2D eigenvalue weighted by atomic mass is 16.2. The summed E-state index contributed by atoms with van der Waals surface area (Å²) in [6.45, 7) is 5.92. The summed E-state index contributed by atoms with van der Waals surface area (Å²) in [6, 6.07) is 8.66. The molecule has 0 aromatic heterocycles. The largest absolute Gasteiger partial charge is 0.338 e. The topological polar surface area (TPSA) is 74.0 Å². The zero-order chi connectivity index (χ0) is 16.9. The number of amidine groups is 1. The van der Waals surface area contributed by atoms with Gasteiger partial charge in [0.15, 0.2) is 0 Å². The summed E-state index contributed by atoms with van der Waals surface area (Å²) < 4.78 is 0. The Hall–Kier alpha value is -2.08. The molecule has 3 rings (SSSR count). The molecular weight excluding hydrogens is 302 g/mol. The van der Waals surface area contributed by atoms with E-state index in [-0.39, 0.29) is 6.03 Å². The minimum atomic E-state index is 0.0731. The van der Waals surface area contributed by atoms with Crippen molar-refractivity contribution in [2.75, 3.05) is 32.7 Å². The Bertz CT molecular complexity index is 590. The van der Waals surface area contributed by atoms with Crippen molar-refractivity contribution >= 4 is 11.9 Å². The number of nitrogens with zero attached hydrogens (tertiary/aromatic N) is 3. The molecule has 3 N–H and O–H groups in total. The third kappa shape index (κ3) is 3.87. The fourth-order valence-corrected chi connectivity index (χ4v) is 3.44. The Kier molecular flexibility index (Phi) is 5.35. The van der Waals surface area contributed by atoms with Gasteiger partial charge in [0, 0.05) is 25.2 Å². The standard InChI is InChI=1S/C18H27N5O/c1-2-20-18(24)22-10-7-15(8-11-22)13-14-3-5-16(6-4-14)17-21-9-12-23(17)19/h3-6,15H,2,7-13,19H2,1H3,(H,20,24). The summed E-state index contributed by atoms with van der Waals surface area (Å²) in [7, 11) is 0. The fourth-order valence-electron chi connectivity index (χ4n) is 3.44. The second-order valence-corrected chi connectivity index (χ2v) is 6.57. The number of likely N-dealkylation sites (tertiary alicyclic amines) is 1. The molecule has 0 unspecified atom stereocenters. The van der Waals surface area contributed by atoms with Crippen molar-refractivity contribution in [2.45, 2.75) is 26.2 Å². The highest BCUT2D eigenvalue weighted by Crippen LogP contribution is 2.22. The SMILES string of the molecule is CCNC(=O)N1CCC(Cc2ccc(C3=NCCN3N)cc2)CC1. The first-order chi connectivity index (χ1) is 11.7. The number of nitrogens with two attached hydrogens (primary N) is 1. The van der Waals surface area contributed by atoms with Gasteiger partial charge >= 0.3 is 6.03 Å². The number of nitrogens with one attached hydrogen (secondary N) is 1. The van der Waals surface area contributed by atoms with Gasteiger partial charge in [-0.05, 0) is 37.7 Å². The molecule has 0 bridgehead atoms. The van der Waals surface area contributed by atoms with E-state index in [9.17, 15) is 4.79 Å². The highest BCUT2D eigenvalue weighted by molar-refractivity contribution is 5.99. The third-order valence-corrected chi connectivity index (χ3v) is 4.84. The lowest BCUT2D eigenvalue weighted by Gasteiger charge is -2.32. The maximum absolute atomic E-state index is 11.8. The van der Waals surface area contributed by atoms with E-state index in [1.54, 1.807) is 5.01 Å². The minimum Gasteiger partial charge on any atom is -0.338 e. The molecule has 2 aliphatic heterocycles. The summed E-state index contributed by atoms with van der Waals surface area (Å²) >= 11 is 0. The number of amides is 2. The number of carbonyl (C=O) groups is 1. The molecule has 24 heavy (non-hydrogen) atoms. The summed E-state index contributed by atoms with van der Waals surface area (Å²) in [5, 5.41) is 4.59. The van der Waals surface area contributed by atoms with E-state index >= 15 is 0 Å². The van der Waals surface area contributed by atoms with Crippen molar-refractivity contribution in [3.8, 4) is 0 Å². The molecule has 1 saturated heterocycles. The third-order valence-electron chi connectivity index (χ3n) is 4.84. The number of benzene rings is 1. The quantitative estimate of drug-likeness (QED) is 0.824. The molecule has 1 aromatic carbocycles. The average Bonchev–Trinajstić information content (AvgIpc) is 3.02. The van der Waals surface area contributed by atoms with Gasteiger partial charge in [0.2, 0.25) is 0 Å². The van der Waals surface area contributed by atoms with E-state index in [1.165, 1.54) is 5.56 Å². The second kappa shape index (κ2) is 7.66. The number of urea groups is 1. The molecule has 0 saturated carbocycles. The molecule has 6 heteroatoms. The molecule has 6 nitrogen and oxygen atoms in total. The van der Waals surface area contributed by atoms with Gasteiger partial charge in [0.25, 0.3) is 0 Å². The van der Waals surface area contributed by atoms with Crippen LogP contribution in [0.5, 0.6) is 0 Å². The van der Waals surface area contributed by atoms with Crippen molar-refractivity contribution in [1.29, 1.82) is 0 Å². The molecule has 2 amide bonds. The molecule has 0 spiro atoms. The van der Waals surface area contributed by atoms with Crippen LogP contribution in [0.1, 0.15) is 30.9 Å². The molecule has 1 aromatic rings. The van der Waals surface area contributed by atoms with Gasteiger partial charge in [0.1, 0.15) is 5.84 Å². The smallest absolute Gasteiger partial charge is 0.317 e. The highest BCUT2D eigenvalue weighted by Gasteiger charge is 2.22. The summed E-state index contributed by atoms with van der Waals surface area (Å²) in [6.07, 6.45) is 3.21. The first-order valence-electron chi connectivity index (χ1n) is 8.86. The Morgan fingerprint density at radius 2 is 1.96 bits per heavy atom. The van der Waals surface area contributed by atoms with Gasteiger partial charge in [0.05, 0.1) is 13.1 Å². The van der Waals surface area contributed by atoms with Gasteiger partial charge in [-0.2, -0.15) is 0 Å². The summed E-state index contributed by atoms with van der Waals surface area (Å²) in [4.78, 5) is 18.2. The van der Waals surface area contributed by atoms with E-state index in [2.05, 4.69) is 34.6 Å². The van der Waals surface area contributed by atoms with Crippen molar-refractivity contribution < 1.29 is 4.79 Å². The van der Waals surface area contributed by atoms with E-state index in [1.807, 2.05) is 11.8 Å². The maximum Gasteiger partial charge on any atom is 0.317 e. The molecule has 130 valence electrons. The van der Waals surface area contributed by atoms with Crippen molar-refractivity contribution in [1.82, 2.24) is 15.2 Å². The van der Waals surface area contributed by atoms with Gasteiger partial charge in [-0.15, -0.1) is 0 Å². The summed E-state index contributed by atoms with van der Waals surface area (Å²) in [5.74, 6) is 7.46. The first kappa shape index (κ1) is 16.8. The Balaban J connectivity index is 1.51. The molecule has 2 heterocycles. The zero-order valence-corrected chi connectivity index (χ0v) is 14.4. The second-order valence-electron chi connectivity index (χ2n) is 6.57. The van der Waals surface area contributed by atoms with E-state index in [0.29, 0.717) is 12.5 Å². The van der Waals surface area contributed by atoms with Crippen LogP contribution in [0.15, 0.2) is 29.3 Å². The molecule has 0 aliphatic carbocycles. The summed E-state index contributed by atoms with van der Waals surface area (Å²) in [5.41, 5.74) is 2.43. The van der Waals surface area contributed by atoms with E-state index in [0.717, 1.165) is 56.8 Å². The van der Waals surface area contributed by atoms with Gasteiger partial charge in [-0.25, -0.2) is 10.6 Å². The number of carbonyl (C=O) groups excluding carboxylic acids is 1. The van der Waals surface area contributed by atoms with Gasteiger partial charge in [-0.3, -0.25) is 10.0 Å². The predicted molar refractivity (Wildman–Crippen MR) is 95.8 cm³/mol. The molecule has 0 radical (unpaired) electrons. The number of piperidine rings is 1. The maximum atomic E-state index is 11.8. The van der Waals surface area contributed by atoms with Crippen LogP contribution in [0.25, 0.3) is 0 Å². The number of hydrogen-bond donors (Lipinski definition) is 2. The van der Waals surface area contributed by atoms with Crippen LogP contribution in [0.4, 0.5) is 4.79 Å². The van der Waals surface area contributed by atoms with Crippen molar-refractivity contribution in [3.63, 3.8) is 0 Å². The van der Waals surface area contributed by atoms with Crippen LogP contribution in [-0.4, -0.2) is 54.5 Å². The normalized spacial score (nSPS) is 18.7. The lowest BCUT2D eigenvalue weighted by Crippen LogP contribution is -2.44. The molecular formula is C18H27N5O. The van der Waals surface area contributed by atoms with Crippen LogP contribution >= 0.6 is 0 Å². The lowest BCUT2D eigenvalue weighted by molar-refractivity contribution is 0.171. The first-order valence-corrected chi connectivity index (χ1v) is 8.86. The van der Waals surface area contributed by atoms with Crippen LogP contribution in [-0.2, 0) is 6.42 Å². The lowest BCUT2D eigenvalue weighted by atomic mass is 9.90. The van der Waals surface area contributed by atoms with E-state index in [4.69, 9.17) is 5.84 Å². The Morgan fingerprint density at radius 3 is 2.54 bits per heavy atom. The Labute approximate surface area is 143 Å². The number of hydrazine groups is 1. The van der Waals surface area contributed by atoms with Gasteiger partial charge in [-0.1, -0.05) is 24.3 Å². The van der Waals surface area contributed by atoms with E-state index < -0.39 is 0 Å². The molecule has 1 fully saturated rings. The monoisotopic (exact) mass is 329 g/mol.